The van der Waals surface area contributed by atoms with Gasteiger partial charge in [-0.3, -0.25) is 4.98 Å². The van der Waals surface area contributed by atoms with Crippen molar-refractivity contribution in [3.05, 3.63) is 108 Å². The van der Waals surface area contributed by atoms with Gasteiger partial charge in [0.2, 0.25) is 0 Å². The van der Waals surface area contributed by atoms with E-state index in [1.165, 1.54) is 24.0 Å². The molecular weight excluding hydrogens is 512 g/mol. The number of hydrogen-bond donors (Lipinski definition) is 4. The van der Waals surface area contributed by atoms with Crippen molar-refractivity contribution < 1.29 is 0 Å². The minimum absolute atomic E-state index is 0.540. The van der Waals surface area contributed by atoms with Crippen LogP contribution in [0, 0.1) is 12.8 Å². The van der Waals surface area contributed by atoms with E-state index in [2.05, 4.69) is 70.5 Å². The number of thiophene rings is 1. The maximum Gasteiger partial charge on any atom is 0.0953 e. The second kappa shape index (κ2) is 12.3. The lowest BCUT2D eigenvalue weighted by molar-refractivity contribution is 0.373. The van der Waals surface area contributed by atoms with Crippen molar-refractivity contribution in [2.45, 2.75) is 26.2 Å². The molecule has 0 saturated carbocycles. The summed E-state index contributed by atoms with van der Waals surface area (Å²) in [5.41, 5.74) is 16.8. The Balaban J connectivity index is 1.31. The van der Waals surface area contributed by atoms with Crippen molar-refractivity contribution in [2.24, 2.45) is 5.92 Å². The molecule has 5 N–H and O–H groups in total. The third-order valence-corrected chi connectivity index (χ3v) is 8.06. The summed E-state index contributed by atoms with van der Waals surface area (Å²) in [7, 11) is 0. The van der Waals surface area contributed by atoms with Crippen LogP contribution in [0.3, 0.4) is 0 Å². The Hall–Kier alpha value is -4.20. The van der Waals surface area contributed by atoms with Crippen LogP contribution in [0.1, 0.15) is 30.5 Å². The van der Waals surface area contributed by atoms with Gasteiger partial charge in [0.05, 0.1) is 29.0 Å². The van der Waals surface area contributed by atoms with Gasteiger partial charge in [-0.1, -0.05) is 31.9 Å². The molecule has 0 unspecified atom stereocenters. The number of aromatic nitrogens is 2. The third kappa shape index (κ3) is 6.33. The van der Waals surface area contributed by atoms with Crippen LogP contribution in [-0.2, 0) is 0 Å². The second-order valence-corrected chi connectivity index (χ2v) is 11.1. The van der Waals surface area contributed by atoms with Gasteiger partial charge in [-0.15, -0.1) is 0 Å². The molecule has 5 rings (SSSR count). The normalized spacial score (nSPS) is 13.5. The molecule has 1 saturated heterocycles. The van der Waals surface area contributed by atoms with Gasteiger partial charge in [0, 0.05) is 34.4 Å². The van der Waals surface area contributed by atoms with Crippen molar-refractivity contribution in [3.8, 4) is 22.4 Å². The SMILES string of the molecule is C=C(CC1CCNCC1)Nc1cncc(-c2ccc(N)c(C(=C)C(=C)Nc3cccc(-c4ccsc4)c3C)n2)c1. The van der Waals surface area contributed by atoms with Crippen molar-refractivity contribution in [2.75, 3.05) is 29.5 Å². The van der Waals surface area contributed by atoms with Crippen molar-refractivity contribution in [1.29, 1.82) is 0 Å². The molecule has 6 nitrogen and oxygen atoms in total. The highest BCUT2D eigenvalue weighted by Crippen LogP contribution is 2.33. The summed E-state index contributed by atoms with van der Waals surface area (Å²) in [6.45, 7) is 17.1. The molecule has 0 atom stereocenters. The number of benzene rings is 1. The zero-order valence-corrected chi connectivity index (χ0v) is 23.8. The average molecular weight is 549 g/mol. The van der Waals surface area contributed by atoms with E-state index in [-0.39, 0.29) is 0 Å². The zero-order chi connectivity index (χ0) is 28.1. The Morgan fingerprint density at radius 1 is 1.05 bits per heavy atom. The summed E-state index contributed by atoms with van der Waals surface area (Å²) in [6.07, 6.45) is 6.94. The van der Waals surface area contributed by atoms with Gasteiger partial charge >= 0.3 is 0 Å². The Morgan fingerprint density at radius 3 is 2.65 bits per heavy atom. The van der Waals surface area contributed by atoms with Gasteiger partial charge in [0.25, 0.3) is 0 Å². The lowest BCUT2D eigenvalue weighted by atomic mass is 9.93. The number of nitrogens with one attached hydrogen (secondary N) is 3. The predicted molar refractivity (Wildman–Crippen MR) is 171 cm³/mol. The fraction of sp³-hybridized carbons (Fsp3) is 0.212. The highest BCUT2D eigenvalue weighted by Gasteiger charge is 2.16. The highest BCUT2D eigenvalue weighted by atomic mass is 32.1. The maximum atomic E-state index is 6.37. The average Bonchev–Trinajstić information content (AvgIpc) is 3.49. The largest absolute Gasteiger partial charge is 0.397 e. The molecule has 204 valence electrons. The number of nitrogen functional groups attached to an aromatic ring is 1. The van der Waals surface area contributed by atoms with E-state index in [1.807, 2.05) is 36.5 Å². The minimum atomic E-state index is 0.540. The van der Waals surface area contributed by atoms with Crippen LogP contribution in [0.5, 0.6) is 0 Å². The molecule has 4 aromatic rings. The van der Waals surface area contributed by atoms with Gasteiger partial charge < -0.3 is 21.7 Å². The first-order valence-corrected chi connectivity index (χ1v) is 14.5. The van der Waals surface area contributed by atoms with E-state index < -0.39 is 0 Å². The Kier molecular flexibility index (Phi) is 8.43. The summed E-state index contributed by atoms with van der Waals surface area (Å²) < 4.78 is 0. The first-order chi connectivity index (χ1) is 19.4. The van der Waals surface area contributed by atoms with Gasteiger partial charge in [0.15, 0.2) is 0 Å². The molecular formula is C33H36N6S. The van der Waals surface area contributed by atoms with E-state index in [0.29, 0.717) is 28.6 Å². The molecule has 0 bridgehead atoms. The molecule has 0 spiro atoms. The fourth-order valence-corrected chi connectivity index (χ4v) is 5.75. The van der Waals surface area contributed by atoms with Crippen LogP contribution in [0.15, 0.2) is 96.7 Å². The highest BCUT2D eigenvalue weighted by molar-refractivity contribution is 7.08. The van der Waals surface area contributed by atoms with E-state index in [0.717, 1.165) is 53.4 Å². The molecule has 0 radical (unpaired) electrons. The Labute approximate surface area is 240 Å². The zero-order valence-electron chi connectivity index (χ0n) is 23.0. The molecule has 1 aromatic carbocycles. The van der Waals surface area contributed by atoms with Crippen LogP contribution in [0.2, 0.25) is 0 Å². The Morgan fingerprint density at radius 2 is 1.88 bits per heavy atom. The molecule has 1 fully saturated rings. The molecule has 0 aliphatic carbocycles. The molecule has 7 heteroatoms. The summed E-state index contributed by atoms with van der Waals surface area (Å²) in [6, 6.07) is 14.1. The van der Waals surface area contributed by atoms with Crippen LogP contribution in [-0.4, -0.2) is 23.1 Å². The number of anilines is 3. The Bertz CT molecular complexity index is 1530. The van der Waals surface area contributed by atoms with Gasteiger partial charge in [-0.25, -0.2) is 4.98 Å². The number of nitrogens with two attached hydrogens (primary N) is 1. The molecule has 1 aliphatic rings. The van der Waals surface area contributed by atoms with Crippen molar-refractivity contribution in [1.82, 2.24) is 15.3 Å². The molecule has 40 heavy (non-hydrogen) atoms. The third-order valence-electron chi connectivity index (χ3n) is 7.38. The number of nitrogens with zero attached hydrogens (tertiary/aromatic N) is 2. The topological polar surface area (TPSA) is 87.9 Å². The maximum absolute atomic E-state index is 6.37. The van der Waals surface area contributed by atoms with Crippen LogP contribution < -0.4 is 21.7 Å². The van der Waals surface area contributed by atoms with E-state index in [1.54, 1.807) is 17.5 Å². The summed E-state index contributed by atoms with van der Waals surface area (Å²) >= 11 is 1.69. The first kappa shape index (κ1) is 27.4. The van der Waals surface area contributed by atoms with Crippen LogP contribution in [0.4, 0.5) is 17.1 Å². The number of allylic oxidation sites excluding steroid dienone is 2. The van der Waals surface area contributed by atoms with E-state index in [4.69, 9.17) is 10.7 Å². The predicted octanol–water partition coefficient (Wildman–Crippen LogP) is 7.72. The monoisotopic (exact) mass is 548 g/mol. The molecule has 4 heterocycles. The summed E-state index contributed by atoms with van der Waals surface area (Å²) in [5.74, 6) is 0.660. The lowest BCUT2D eigenvalue weighted by Gasteiger charge is -2.23. The number of piperidine rings is 1. The van der Waals surface area contributed by atoms with Crippen molar-refractivity contribution >= 4 is 34.0 Å². The van der Waals surface area contributed by atoms with Gasteiger partial charge in [0.1, 0.15) is 0 Å². The molecule has 3 aromatic heterocycles. The van der Waals surface area contributed by atoms with Crippen LogP contribution in [0.25, 0.3) is 28.0 Å². The molecule has 1 aliphatic heterocycles. The summed E-state index contributed by atoms with van der Waals surface area (Å²) in [5, 5.41) is 14.5. The quantitative estimate of drug-likeness (QED) is 0.152. The van der Waals surface area contributed by atoms with Gasteiger partial charge in [-0.2, -0.15) is 11.3 Å². The fourth-order valence-electron chi connectivity index (χ4n) is 5.09. The lowest BCUT2D eigenvalue weighted by Crippen LogP contribution is -2.28. The number of pyridine rings is 2. The molecule has 0 amide bonds. The smallest absolute Gasteiger partial charge is 0.0953 e. The van der Waals surface area contributed by atoms with Gasteiger partial charge in [-0.05, 0) is 103 Å². The minimum Gasteiger partial charge on any atom is -0.397 e. The second-order valence-electron chi connectivity index (χ2n) is 10.3. The standard InChI is InChI=1S/C33H36N6S/c1-21(16-25-10-13-35-14-11-25)37-28-17-27(18-36-19-28)32-9-8-30(34)33(39-32)22(2)24(4)38-31-7-5-6-29(23(31)3)26-12-15-40-20-26/h5-9,12,15,17-20,25,35,37-38H,1-2,4,10-11,13-14,16,34H2,3H3. The van der Waals surface area contributed by atoms with Crippen molar-refractivity contribution in [3.63, 3.8) is 0 Å². The summed E-state index contributed by atoms with van der Waals surface area (Å²) in [4.78, 5) is 9.33. The number of rotatable bonds is 10. The number of hydrogen-bond acceptors (Lipinski definition) is 7. The van der Waals surface area contributed by atoms with E-state index in [9.17, 15) is 0 Å². The first-order valence-electron chi connectivity index (χ1n) is 13.5. The van der Waals surface area contributed by atoms with E-state index >= 15 is 0 Å². The van der Waals surface area contributed by atoms with Crippen LogP contribution >= 0.6 is 11.3 Å².